The fourth-order valence-electron chi connectivity index (χ4n) is 6.73. The van der Waals surface area contributed by atoms with Crippen LogP contribution in [-0.2, 0) is 28.6 Å². The molecule has 0 aliphatic rings. The minimum atomic E-state index is -0.887. The van der Waals surface area contributed by atoms with Gasteiger partial charge < -0.3 is 23.8 Å². The first-order valence-corrected chi connectivity index (χ1v) is 25.6. The third-order valence-corrected chi connectivity index (χ3v) is 10.6. The van der Waals surface area contributed by atoms with Gasteiger partial charge in [-0.15, -0.1) is 0 Å². The summed E-state index contributed by atoms with van der Waals surface area (Å²) in [6.07, 6.45) is 66.7. The summed E-state index contributed by atoms with van der Waals surface area (Å²) in [6.45, 7) is 4.45. The summed E-state index contributed by atoms with van der Waals surface area (Å²) in [5, 5.41) is 9.66. The van der Waals surface area contributed by atoms with E-state index in [0.29, 0.717) is 19.3 Å². The number of carboxylic acids is 1. The Morgan fingerprint density at radius 2 is 0.803 bits per heavy atom. The number of ether oxygens (including phenoxy) is 3. The van der Waals surface area contributed by atoms with E-state index in [-0.39, 0.29) is 36.2 Å². The third-order valence-electron chi connectivity index (χ3n) is 10.6. The lowest BCUT2D eigenvalue weighted by atomic mass is 10.1. The molecule has 0 rings (SSSR count). The van der Waals surface area contributed by atoms with Crippen molar-refractivity contribution < 1.29 is 38.2 Å². The number of carboxylic acid groups (broad SMARTS) is 1. The summed E-state index contributed by atoms with van der Waals surface area (Å²) in [5.74, 6) is -1.54. The maximum Gasteiger partial charge on any atom is 0.362 e. The van der Waals surface area contributed by atoms with Gasteiger partial charge in [-0.1, -0.05) is 174 Å². The van der Waals surface area contributed by atoms with E-state index in [1.807, 2.05) is 21.1 Å². The second-order valence-electron chi connectivity index (χ2n) is 17.7. The van der Waals surface area contributed by atoms with E-state index >= 15 is 0 Å². The van der Waals surface area contributed by atoms with Gasteiger partial charge in [0, 0.05) is 19.3 Å². The van der Waals surface area contributed by atoms with Crippen LogP contribution in [0.4, 0.5) is 0 Å². The van der Waals surface area contributed by atoms with Crippen molar-refractivity contribution in [1.82, 2.24) is 0 Å². The lowest BCUT2D eigenvalue weighted by molar-refractivity contribution is -0.887. The summed E-state index contributed by atoms with van der Waals surface area (Å²) in [6, 6.07) is -0.631. The number of esters is 2. The zero-order chi connectivity index (χ0) is 48.4. The van der Waals surface area contributed by atoms with Crippen LogP contribution in [0.25, 0.3) is 0 Å². The molecule has 0 aromatic rings. The highest BCUT2D eigenvalue weighted by molar-refractivity contribution is 5.72. The van der Waals surface area contributed by atoms with Gasteiger partial charge in [0.05, 0.1) is 34.4 Å². The summed E-state index contributed by atoms with van der Waals surface area (Å²) >= 11 is 0. The van der Waals surface area contributed by atoms with Crippen molar-refractivity contribution in [1.29, 1.82) is 0 Å². The van der Waals surface area contributed by atoms with Crippen LogP contribution in [0.5, 0.6) is 0 Å². The quantitative estimate of drug-likeness (QED) is 0.0281. The number of rotatable bonds is 44. The normalized spacial score (nSPS) is 13.9. The van der Waals surface area contributed by atoms with E-state index in [9.17, 15) is 19.5 Å². The van der Waals surface area contributed by atoms with Crippen molar-refractivity contribution in [3.8, 4) is 0 Å². The number of carbonyl (C=O) groups is 3. The van der Waals surface area contributed by atoms with Crippen LogP contribution in [0.15, 0.2) is 122 Å². The van der Waals surface area contributed by atoms with Crippen LogP contribution in [0.3, 0.4) is 0 Å². The molecule has 8 nitrogen and oxygen atoms in total. The maximum absolute atomic E-state index is 12.8. The predicted octanol–water partition coefficient (Wildman–Crippen LogP) is 15.0. The predicted molar refractivity (Wildman–Crippen MR) is 279 cm³/mol. The van der Waals surface area contributed by atoms with Crippen LogP contribution in [-0.4, -0.2) is 80.6 Å². The molecule has 0 aromatic carbocycles. The summed E-state index contributed by atoms with van der Waals surface area (Å²) < 4.78 is 17.3. The molecule has 8 heteroatoms. The Balaban J connectivity index is 4.37. The van der Waals surface area contributed by atoms with Crippen LogP contribution < -0.4 is 0 Å². The topological polar surface area (TPSA) is 99.1 Å². The van der Waals surface area contributed by atoms with Crippen molar-refractivity contribution in [2.24, 2.45) is 0 Å². The number of quaternary nitrogens is 1. The Hall–Kier alpha value is -4.27. The van der Waals surface area contributed by atoms with Crippen LogP contribution in [0.2, 0.25) is 0 Å². The highest BCUT2D eigenvalue weighted by atomic mass is 16.6. The van der Waals surface area contributed by atoms with E-state index in [1.54, 1.807) is 0 Å². The molecule has 0 amide bonds. The molecular weight excluding hydrogens is 823 g/mol. The number of likely N-dealkylation sites (N-methyl/N-ethyl adjacent to an activating group) is 1. The summed E-state index contributed by atoms with van der Waals surface area (Å²) in [4.78, 5) is 37.2. The highest BCUT2D eigenvalue weighted by Crippen LogP contribution is 2.13. The molecule has 0 saturated heterocycles. The van der Waals surface area contributed by atoms with Gasteiger partial charge in [0.2, 0.25) is 0 Å². The van der Waals surface area contributed by atoms with Gasteiger partial charge in [-0.2, -0.15) is 0 Å². The lowest BCUT2D eigenvalue weighted by Crippen LogP contribution is -2.50. The van der Waals surface area contributed by atoms with Crippen molar-refractivity contribution in [3.63, 3.8) is 0 Å². The molecule has 66 heavy (non-hydrogen) atoms. The molecule has 0 aliphatic heterocycles. The number of hydrogen-bond donors (Lipinski definition) is 1. The Bertz CT molecular complexity index is 1490. The first-order chi connectivity index (χ1) is 32.1. The fourth-order valence-corrected chi connectivity index (χ4v) is 6.73. The van der Waals surface area contributed by atoms with Gasteiger partial charge in [-0.25, -0.2) is 4.79 Å². The minimum Gasteiger partial charge on any atom is -0.477 e. The van der Waals surface area contributed by atoms with E-state index in [0.717, 1.165) is 122 Å². The molecule has 372 valence electrons. The van der Waals surface area contributed by atoms with Crippen LogP contribution in [0, 0.1) is 0 Å². The standard InChI is InChI=1S/C58H93NO7/c1-6-8-10-12-14-16-18-20-22-24-26-28-29-31-32-34-36-38-40-42-44-46-48-56(60)65-53-54(52-64-51-50-55(58(62)63)59(3,4)5)66-57(61)49-47-45-43-41-39-37-35-33-30-27-25-23-21-19-17-15-13-11-9-7-2/h8-11,14-17,20-23,26-28,30-32,36,38,54-55H,6-7,12-13,18-19,24-25,29,33-35,37,39-53H2,1-5H3/p+1/b10-8+,11-9+,16-14+,17-15+,22-20+,23-21+,28-26+,30-27+,32-31+,38-36+. The average Bonchev–Trinajstić information content (AvgIpc) is 3.28. The number of allylic oxidation sites excluding steroid dienone is 20. The van der Waals surface area contributed by atoms with Gasteiger partial charge in [0.1, 0.15) is 6.61 Å². The van der Waals surface area contributed by atoms with Gasteiger partial charge in [0.15, 0.2) is 12.1 Å². The van der Waals surface area contributed by atoms with E-state index in [1.165, 1.54) is 19.3 Å². The van der Waals surface area contributed by atoms with Crippen LogP contribution in [0.1, 0.15) is 174 Å². The largest absolute Gasteiger partial charge is 0.477 e. The molecule has 0 aliphatic carbocycles. The molecular formula is C58H94NO7+. The average molecular weight is 917 g/mol. The van der Waals surface area contributed by atoms with E-state index in [4.69, 9.17) is 14.2 Å². The number of hydrogen-bond acceptors (Lipinski definition) is 6. The molecule has 0 radical (unpaired) electrons. The summed E-state index contributed by atoms with van der Waals surface area (Å²) in [5.41, 5.74) is 0. The number of unbranched alkanes of at least 4 members (excludes halogenated alkanes) is 10. The Labute approximate surface area is 403 Å². The van der Waals surface area contributed by atoms with Crippen molar-refractivity contribution >= 4 is 17.9 Å². The van der Waals surface area contributed by atoms with Gasteiger partial charge in [0.25, 0.3) is 0 Å². The summed E-state index contributed by atoms with van der Waals surface area (Å²) in [7, 11) is 5.51. The monoisotopic (exact) mass is 917 g/mol. The minimum absolute atomic E-state index is 0.0371. The zero-order valence-electron chi connectivity index (χ0n) is 42.3. The maximum atomic E-state index is 12.8. The second kappa shape index (κ2) is 47.2. The zero-order valence-corrected chi connectivity index (χ0v) is 42.3. The molecule has 2 unspecified atom stereocenters. The number of nitrogens with zero attached hydrogens (tertiary/aromatic N) is 1. The molecule has 0 saturated carbocycles. The van der Waals surface area contributed by atoms with E-state index < -0.39 is 18.1 Å². The van der Waals surface area contributed by atoms with Gasteiger partial charge >= 0.3 is 17.9 Å². The van der Waals surface area contributed by atoms with Crippen molar-refractivity contribution in [2.75, 3.05) is 41.0 Å². The fraction of sp³-hybridized carbons (Fsp3) is 0.603. The molecule has 0 spiro atoms. The molecule has 1 N–H and O–H groups in total. The van der Waals surface area contributed by atoms with Gasteiger partial charge in [-0.05, 0) is 103 Å². The molecule has 0 heterocycles. The first kappa shape index (κ1) is 61.7. The molecule has 2 atom stereocenters. The smallest absolute Gasteiger partial charge is 0.362 e. The van der Waals surface area contributed by atoms with Crippen LogP contribution >= 0.6 is 0 Å². The van der Waals surface area contributed by atoms with E-state index in [2.05, 4.69) is 135 Å². The first-order valence-electron chi connectivity index (χ1n) is 25.6. The Morgan fingerprint density at radius 1 is 0.455 bits per heavy atom. The van der Waals surface area contributed by atoms with Crippen molar-refractivity contribution in [2.45, 2.75) is 187 Å². The highest BCUT2D eigenvalue weighted by Gasteiger charge is 2.31. The molecule has 0 aromatic heterocycles. The second-order valence-corrected chi connectivity index (χ2v) is 17.7. The number of carbonyl (C=O) groups excluding carboxylic acids is 2. The Kier molecular flexibility index (Phi) is 44.2. The van der Waals surface area contributed by atoms with Gasteiger partial charge in [-0.3, -0.25) is 9.59 Å². The molecule has 0 bridgehead atoms. The lowest BCUT2D eigenvalue weighted by Gasteiger charge is -2.31. The molecule has 0 fully saturated rings. The number of aliphatic carboxylic acids is 1. The van der Waals surface area contributed by atoms with Crippen molar-refractivity contribution in [3.05, 3.63) is 122 Å². The Morgan fingerprint density at radius 3 is 1.20 bits per heavy atom. The SMILES string of the molecule is CC/C=C/C/C=C/C/C=C/C/C=C/C/C=C/C/C=C/CCCCCC(=O)OCC(COCCC(C(=O)O)[N+](C)(C)C)OC(=O)CCCCCCCCC/C=C/C/C=C/C/C=C/C/C=C/CC. The third kappa shape index (κ3) is 44.9.